The molecule has 1 aromatic carbocycles. The van der Waals surface area contributed by atoms with E-state index in [-0.39, 0.29) is 40.0 Å². The molecule has 4 heteroatoms. The summed E-state index contributed by atoms with van der Waals surface area (Å²) in [6, 6.07) is 7.96. The van der Waals surface area contributed by atoms with Crippen LogP contribution in [0.5, 0.6) is 0 Å². The van der Waals surface area contributed by atoms with Gasteiger partial charge in [0.15, 0.2) is 0 Å². The van der Waals surface area contributed by atoms with Crippen molar-refractivity contribution in [2.24, 2.45) is 0 Å². The maximum Gasteiger partial charge on any atom is 2.00 e. The van der Waals surface area contributed by atoms with Crippen LogP contribution in [0.4, 0.5) is 0 Å². The van der Waals surface area contributed by atoms with E-state index in [1.54, 1.807) is 18.2 Å². The van der Waals surface area contributed by atoms with Crippen molar-refractivity contribution >= 4 is 46.3 Å². The van der Waals surface area contributed by atoms with Crippen molar-refractivity contribution in [1.29, 1.82) is 0 Å². The normalized spacial score (nSPS) is 7.40. The maximum absolute atomic E-state index is 5.55. The second-order valence-corrected chi connectivity index (χ2v) is 2.12. The van der Waals surface area contributed by atoms with Gasteiger partial charge < -0.3 is 17.0 Å². The van der Waals surface area contributed by atoms with Crippen LogP contribution in [0, 0.1) is 6.07 Å². The van der Waals surface area contributed by atoms with Crippen LogP contribution in [0.25, 0.3) is 0 Å². The van der Waals surface area contributed by atoms with Crippen LogP contribution in [0.15, 0.2) is 18.2 Å². The van der Waals surface area contributed by atoms with E-state index in [1.165, 1.54) is 0 Å². The van der Waals surface area contributed by atoms with Crippen LogP contribution < -0.4 is 17.0 Å². The van der Waals surface area contributed by atoms with Gasteiger partial charge in [-0.15, -0.1) is 11.6 Å². The second kappa shape index (κ2) is 6.74. The van der Waals surface area contributed by atoms with Gasteiger partial charge in [0.1, 0.15) is 0 Å². The zero-order valence-electron chi connectivity index (χ0n) is 5.07. The summed E-state index contributed by atoms with van der Waals surface area (Å²) in [6.07, 6.45) is 0. The molecule has 0 atom stereocenters. The van der Waals surface area contributed by atoms with Crippen LogP contribution in [-0.2, 0) is 0 Å². The van der Waals surface area contributed by atoms with Gasteiger partial charge in [-0.05, 0) is 0 Å². The molecule has 0 spiro atoms. The maximum atomic E-state index is 5.55. The van der Waals surface area contributed by atoms with Crippen molar-refractivity contribution in [2.75, 3.05) is 0 Å². The molecule has 0 heterocycles. The summed E-state index contributed by atoms with van der Waals surface area (Å²) in [4.78, 5) is 0. The summed E-state index contributed by atoms with van der Waals surface area (Å²) < 4.78 is 0. The van der Waals surface area contributed by atoms with Crippen LogP contribution in [-0.4, -0.2) is 23.1 Å². The molecule has 0 saturated heterocycles. The molecule has 0 amide bonds. The number of rotatable bonds is 0. The zero-order chi connectivity index (χ0) is 5.98. The summed E-state index contributed by atoms with van der Waals surface area (Å²) in [5.41, 5.74) is 0. The molecule has 0 radical (unpaired) electrons. The minimum absolute atomic E-state index is 0. The number of hydrogen-bond acceptors (Lipinski definition) is 0. The zero-order valence-corrected chi connectivity index (χ0v) is 9.59. The first-order valence-electron chi connectivity index (χ1n) is 2.12. The van der Waals surface area contributed by atoms with Crippen LogP contribution in [0.2, 0.25) is 10.0 Å². The third-order valence-electron chi connectivity index (χ3n) is 0.759. The Hall–Kier alpha value is 1.05. The van der Waals surface area contributed by atoms with Gasteiger partial charge in [-0.25, -0.2) is 0 Å². The Morgan fingerprint density at radius 2 is 1.90 bits per heavy atom. The van der Waals surface area contributed by atoms with Crippen molar-refractivity contribution in [3.8, 4) is 0 Å². The molecule has 10 heavy (non-hydrogen) atoms. The molecule has 0 aliphatic heterocycles. The SMILES string of the molecule is Clc1[c-]cccc1Cl.[Br-].[Mg+2]. The van der Waals surface area contributed by atoms with Gasteiger partial charge >= 0.3 is 23.1 Å². The van der Waals surface area contributed by atoms with E-state index >= 15 is 0 Å². The predicted molar refractivity (Wildman–Crippen MR) is 41.1 cm³/mol. The monoisotopic (exact) mass is 248 g/mol. The van der Waals surface area contributed by atoms with E-state index in [1.807, 2.05) is 0 Å². The molecule has 0 aliphatic rings. The Kier molecular flexibility index (Phi) is 9.18. The largest absolute Gasteiger partial charge is 2.00 e. The fraction of sp³-hybridized carbons (Fsp3) is 0. The minimum Gasteiger partial charge on any atom is -1.00 e. The van der Waals surface area contributed by atoms with Gasteiger partial charge in [-0.1, -0.05) is 10.0 Å². The van der Waals surface area contributed by atoms with E-state index in [0.717, 1.165) is 0 Å². The van der Waals surface area contributed by atoms with Gasteiger partial charge in [-0.2, -0.15) is 35.9 Å². The van der Waals surface area contributed by atoms with E-state index in [4.69, 9.17) is 23.2 Å². The molecule has 0 saturated carbocycles. The molecular weight excluding hydrogens is 247 g/mol. The van der Waals surface area contributed by atoms with Crippen LogP contribution >= 0.6 is 23.2 Å². The molecule has 0 aromatic heterocycles. The molecule has 1 rings (SSSR count). The van der Waals surface area contributed by atoms with Crippen molar-refractivity contribution < 1.29 is 17.0 Å². The Morgan fingerprint density at radius 3 is 2.20 bits per heavy atom. The predicted octanol–water partition coefficient (Wildman–Crippen LogP) is -0.583. The molecule has 50 valence electrons. The Balaban J connectivity index is 0. The smallest absolute Gasteiger partial charge is 1.00 e. The molecule has 0 unspecified atom stereocenters. The van der Waals surface area contributed by atoms with Crippen molar-refractivity contribution in [3.05, 3.63) is 34.3 Å². The summed E-state index contributed by atoms with van der Waals surface area (Å²) in [6.45, 7) is 0. The molecule has 0 nitrogen and oxygen atoms in total. The fourth-order valence-corrected chi connectivity index (χ4v) is 0.649. The molecular formula is C6H3BrCl2Mg. The fourth-order valence-electron chi connectivity index (χ4n) is 0.396. The van der Waals surface area contributed by atoms with Crippen molar-refractivity contribution in [3.63, 3.8) is 0 Å². The van der Waals surface area contributed by atoms with Gasteiger partial charge in [0.2, 0.25) is 0 Å². The Bertz CT molecular complexity index is 172. The average molecular weight is 250 g/mol. The van der Waals surface area contributed by atoms with Crippen LogP contribution in [0.1, 0.15) is 0 Å². The quantitative estimate of drug-likeness (QED) is 0.427. The number of benzene rings is 1. The Morgan fingerprint density at radius 1 is 1.30 bits per heavy atom. The van der Waals surface area contributed by atoms with Crippen molar-refractivity contribution in [2.45, 2.75) is 0 Å². The molecule has 0 bridgehead atoms. The third kappa shape index (κ3) is 4.04. The second-order valence-electron chi connectivity index (χ2n) is 1.33. The minimum atomic E-state index is 0. The summed E-state index contributed by atoms with van der Waals surface area (Å²) >= 11 is 11.1. The summed E-state index contributed by atoms with van der Waals surface area (Å²) in [7, 11) is 0. The van der Waals surface area contributed by atoms with Crippen molar-refractivity contribution in [1.82, 2.24) is 0 Å². The summed E-state index contributed by atoms with van der Waals surface area (Å²) in [5.74, 6) is 0. The van der Waals surface area contributed by atoms with E-state index < -0.39 is 0 Å². The van der Waals surface area contributed by atoms with E-state index in [2.05, 4.69) is 6.07 Å². The molecule has 1 aromatic rings. The first-order valence-corrected chi connectivity index (χ1v) is 2.88. The van der Waals surface area contributed by atoms with Gasteiger partial charge in [0.25, 0.3) is 0 Å². The van der Waals surface area contributed by atoms with E-state index in [9.17, 15) is 0 Å². The number of halogens is 3. The first-order chi connectivity index (χ1) is 3.80. The standard InChI is InChI=1S/C6H3Cl2.BrH.Mg/c7-5-3-1-2-4-6(5)8;;/h1-3H;1H;/q-1;;+2/p-1. The number of hydrogen-bond donors (Lipinski definition) is 0. The topological polar surface area (TPSA) is 0 Å². The molecule has 0 N–H and O–H groups in total. The van der Waals surface area contributed by atoms with Crippen LogP contribution in [0.3, 0.4) is 0 Å². The average Bonchev–Trinajstić information content (AvgIpc) is 1.77. The first kappa shape index (κ1) is 13.6. The third-order valence-corrected chi connectivity index (χ3v) is 1.48. The van der Waals surface area contributed by atoms with Gasteiger partial charge in [0.05, 0.1) is 0 Å². The summed E-state index contributed by atoms with van der Waals surface area (Å²) in [5, 5.41) is 1.03. The molecule has 0 aliphatic carbocycles. The van der Waals surface area contributed by atoms with Gasteiger partial charge in [-0.3, -0.25) is 0 Å². The Labute approximate surface area is 96.8 Å². The van der Waals surface area contributed by atoms with Gasteiger partial charge in [0, 0.05) is 0 Å². The van der Waals surface area contributed by atoms with E-state index in [0.29, 0.717) is 10.0 Å². The molecule has 0 fully saturated rings.